The van der Waals surface area contributed by atoms with E-state index < -0.39 is 0 Å². The fourth-order valence-corrected chi connectivity index (χ4v) is 3.76. The molecule has 0 aliphatic carbocycles. The van der Waals surface area contributed by atoms with Crippen molar-refractivity contribution in [2.24, 2.45) is 0 Å². The molecule has 0 radical (unpaired) electrons. The summed E-state index contributed by atoms with van der Waals surface area (Å²) in [5.74, 6) is 0. The van der Waals surface area contributed by atoms with Crippen LogP contribution in [0.4, 0.5) is 0 Å². The second-order valence-corrected chi connectivity index (χ2v) is 6.56. The van der Waals surface area contributed by atoms with E-state index in [9.17, 15) is 9.59 Å². The van der Waals surface area contributed by atoms with E-state index in [4.69, 9.17) is 0 Å². The van der Waals surface area contributed by atoms with Gasteiger partial charge in [-0.05, 0) is 41.3 Å². The minimum atomic E-state index is -0.293. The molecule has 0 unspecified atom stereocenters. The second kappa shape index (κ2) is 6.22. The molecular weight excluding hydrogens is 330 g/mol. The van der Waals surface area contributed by atoms with Gasteiger partial charge in [0.25, 0.3) is 11.1 Å². The van der Waals surface area contributed by atoms with Gasteiger partial charge in [-0.15, -0.1) is 11.8 Å². The standard InChI is InChI=1S/C21H15NO2S/c1-25-19-13-7-6-12-18(19)22-20(23)16-10-4-2-8-14(16)15-9-3-5-11-17(15)21(22)24/h2-13H,1H3. The van der Waals surface area contributed by atoms with Crippen LogP contribution in [0.1, 0.15) is 0 Å². The van der Waals surface area contributed by atoms with Crippen molar-refractivity contribution in [2.75, 3.05) is 6.26 Å². The SMILES string of the molecule is CSc1ccccc1-n1c(=O)c2ccccc2c2ccccc2c1=O. The third-order valence-electron chi connectivity index (χ3n) is 4.34. The molecule has 0 saturated carbocycles. The Morgan fingerprint density at radius 3 is 1.60 bits per heavy atom. The maximum absolute atomic E-state index is 13.3. The van der Waals surface area contributed by atoms with Gasteiger partial charge in [-0.2, -0.15) is 0 Å². The first kappa shape index (κ1) is 15.7. The van der Waals surface area contributed by atoms with Gasteiger partial charge in [0.1, 0.15) is 0 Å². The molecule has 25 heavy (non-hydrogen) atoms. The number of hydrogen-bond donors (Lipinski definition) is 0. The van der Waals surface area contributed by atoms with Crippen molar-refractivity contribution in [3.8, 4) is 5.69 Å². The highest BCUT2D eigenvalue weighted by atomic mass is 32.2. The van der Waals surface area contributed by atoms with E-state index in [1.165, 1.54) is 16.3 Å². The maximum Gasteiger partial charge on any atom is 0.265 e. The smallest absolute Gasteiger partial charge is 0.265 e. The number of nitrogens with zero attached hydrogens (tertiary/aromatic N) is 1. The van der Waals surface area contributed by atoms with Gasteiger partial charge >= 0.3 is 0 Å². The number of para-hydroxylation sites is 1. The van der Waals surface area contributed by atoms with Crippen molar-refractivity contribution in [3.05, 3.63) is 93.5 Å². The highest BCUT2D eigenvalue weighted by Crippen LogP contribution is 2.24. The second-order valence-electron chi connectivity index (χ2n) is 5.71. The summed E-state index contributed by atoms with van der Waals surface area (Å²) in [5.41, 5.74) is 0.0353. The predicted octanol–water partition coefficient (Wildman–Crippen LogP) is 4.23. The van der Waals surface area contributed by atoms with Crippen molar-refractivity contribution >= 4 is 33.3 Å². The van der Waals surface area contributed by atoms with Crippen molar-refractivity contribution < 1.29 is 0 Å². The van der Waals surface area contributed by atoms with Crippen LogP contribution in [0.3, 0.4) is 0 Å². The number of benzene rings is 3. The van der Waals surface area contributed by atoms with E-state index in [0.717, 1.165) is 15.7 Å². The summed E-state index contributed by atoms with van der Waals surface area (Å²) < 4.78 is 1.30. The fourth-order valence-electron chi connectivity index (χ4n) is 3.18. The van der Waals surface area contributed by atoms with Crippen LogP contribution in [0.5, 0.6) is 0 Å². The van der Waals surface area contributed by atoms with Gasteiger partial charge in [-0.1, -0.05) is 48.5 Å². The van der Waals surface area contributed by atoms with E-state index in [0.29, 0.717) is 16.5 Å². The van der Waals surface area contributed by atoms with Crippen LogP contribution in [0.25, 0.3) is 27.2 Å². The molecule has 0 aliphatic heterocycles. The lowest BCUT2D eigenvalue weighted by Crippen LogP contribution is -2.28. The number of aromatic nitrogens is 1. The van der Waals surface area contributed by atoms with Crippen LogP contribution >= 0.6 is 11.8 Å². The largest absolute Gasteiger partial charge is 0.268 e. The molecule has 1 aromatic heterocycles. The van der Waals surface area contributed by atoms with Crippen molar-refractivity contribution in [1.29, 1.82) is 0 Å². The quantitative estimate of drug-likeness (QED) is 0.511. The van der Waals surface area contributed by atoms with E-state index in [2.05, 4.69) is 0 Å². The normalized spacial score (nSPS) is 11.1. The van der Waals surface area contributed by atoms with Gasteiger partial charge in [-0.25, -0.2) is 4.57 Å². The Labute approximate surface area is 148 Å². The van der Waals surface area contributed by atoms with Gasteiger partial charge in [0.05, 0.1) is 5.69 Å². The monoisotopic (exact) mass is 345 g/mol. The summed E-state index contributed by atoms with van der Waals surface area (Å²) >= 11 is 1.52. The Kier molecular flexibility index (Phi) is 3.90. The first-order chi connectivity index (χ1) is 12.2. The van der Waals surface area contributed by atoms with Crippen LogP contribution < -0.4 is 11.1 Å². The Hall–Kier alpha value is -2.85. The van der Waals surface area contributed by atoms with E-state index in [1.54, 1.807) is 12.1 Å². The highest BCUT2D eigenvalue weighted by Gasteiger charge is 2.14. The molecular formula is C21H15NO2S. The lowest BCUT2D eigenvalue weighted by Gasteiger charge is -2.07. The lowest BCUT2D eigenvalue weighted by molar-refractivity contribution is 0.950. The number of thioether (sulfide) groups is 1. The molecule has 122 valence electrons. The fraction of sp³-hybridized carbons (Fsp3) is 0.0476. The molecule has 3 aromatic carbocycles. The van der Waals surface area contributed by atoms with Gasteiger partial charge in [0, 0.05) is 15.7 Å². The lowest BCUT2D eigenvalue weighted by atomic mass is 10.1. The van der Waals surface area contributed by atoms with Crippen molar-refractivity contribution in [2.45, 2.75) is 4.90 Å². The van der Waals surface area contributed by atoms with Gasteiger partial charge in [-0.3, -0.25) is 9.59 Å². The third-order valence-corrected chi connectivity index (χ3v) is 5.12. The molecule has 1 heterocycles. The summed E-state index contributed by atoms with van der Waals surface area (Å²) in [4.78, 5) is 27.5. The van der Waals surface area contributed by atoms with E-state index in [-0.39, 0.29) is 11.1 Å². The Bertz CT molecular complexity index is 1160. The van der Waals surface area contributed by atoms with Crippen LogP contribution in [0.15, 0.2) is 87.3 Å². The minimum Gasteiger partial charge on any atom is -0.268 e. The molecule has 4 heteroatoms. The average Bonchev–Trinajstić information content (AvgIpc) is 2.76. The molecule has 0 aliphatic rings. The number of hydrogen-bond acceptors (Lipinski definition) is 3. The average molecular weight is 345 g/mol. The van der Waals surface area contributed by atoms with Crippen LogP contribution in [0, 0.1) is 0 Å². The minimum absolute atomic E-state index is 0.293. The first-order valence-corrected chi connectivity index (χ1v) is 9.15. The first-order valence-electron chi connectivity index (χ1n) is 7.92. The van der Waals surface area contributed by atoms with Crippen LogP contribution in [-0.4, -0.2) is 10.8 Å². The third kappa shape index (κ3) is 2.46. The number of fused-ring (bicyclic) bond motifs is 3. The zero-order valence-corrected chi connectivity index (χ0v) is 14.4. The molecule has 0 saturated heterocycles. The number of rotatable bonds is 2. The molecule has 0 spiro atoms. The zero-order valence-electron chi connectivity index (χ0n) is 13.6. The Morgan fingerprint density at radius 2 is 1.08 bits per heavy atom. The van der Waals surface area contributed by atoms with Crippen molar-refractivity contribution in [3.63, 3.8) is 0 Å². The molecule has 4 rings (SSSR count). The molecule has 3 nitrogen and oxygen atoms in total. The topological polar surface area (TPSA) is 39.1 Å². The zero-order chi connectivity index (χ0) is 17.4. The molecule has 0 fully saturated rings. The molecule has 0 atom stereocenters. The maximum atomic E-state index is 13.3. The summed E-state index contributed by atoms with van der Waals surface area (Å²) in [6.07, 6.45) is 1.94. The van der Waals surface area contributed by atoms with Gasteiger partial charge in [0.2, 0.25) is 0 Å². The van der Waals surface area contributed by atoms with Gasteiger partial charge in [0.15, 0.2) is 0 Å². The summed E-state index contributed by atoms with van der Waals surface area (Å²) in [6.45, 7) is 0. The molecule has 0 N–H and O–H groups in total. The van der Waals surface area contributed by atoms with E-state index >= 15 is 0 Å². The van der Waals surface area contributed by atoms with Crippen molar-refractivity contribution in [1.82, 2.24) is 4.57 Å². The molecule has 4 aromatic rings. The van der Waals surface area contributed by atoms with Crippen LogP contribution in [-0.2, 0) is 0 Å². The van der Waals surface area contributed by atoms with Crippen LogP contribution in [0.2, 0.25) is 0 Å². The highest BCUT2D eigenvalue weighted by molar-refractivity contribution is 7.98. The summed E-state index contributed by atoms with van der Waals surface area (Å²) in [5, 5.41) is 2.66. The Morgan fingerprint density at radius 1 is 0.640 bits per heavy atom. The molecule has 0 amide bonds. The van der Waals surface area contributed by atoms with E-state index in [1.807, 2.05) is 66.9 Å². The summed E-state index contributed by atoms with van der Waals surface area (Å²) in [7, 11) is 0. The van der Waals surface area contributed by atoms with Gasteiger partial charge < -0.3 is 0 Å². The predicted molar refractivity (Wildman–Crippen MR) is 105 cm³/mol. The summed E-state index contributed by atoms with van der Waals surface area (Å²) in [6, 6.07) is 22.3. The Balaban J connectivity index is 2.34. The molecule has 0 bridgehead atoms.